The van der Waals surface area contributed by atoms with Crippen molar-refractivity contribution in [2.45, 2.75) is 0 Å². The number of hydrogen-bond acceptors (Lipinski definition) is 4. The van der Waals surface area contributed by atoms with Crippen LogP contribution in [0.1, 0.15) is 11.1 Å². The molecule has 134 valence electrons. The number of nitrogens with zero attached hydrogens (tertiary/aromatic N) is 3. The number of benzene rings is 2. The van der Waals surface area contributed by atoms with Gasteiger partial charge in [-0.3, -0.25) is 4.40 Å². The lowest BCUT2D eigenvalue weighted by Crippen LogP contribution is -2.05. The molecule has 2 heterocycles. The number of hydrogen-bond donors (Lipinski definition) is 2. The standard InChI is InChI=1S/C20H14Cl2N4O/c21-15-8-6-13(10-16(15)22)19-20(23)24-17-9-7-14(11-26(17)19)18(25-27)12-4-2-1-3-5-12/h1-11,27H,23H2. The number of halogens is 2. The second-order valence-electron chi connectivity index (χ2n) is 5.94. The molecule has 0 spiro atoms. The van der Waals surface area contributed by atoms with Crippen LogP contribution < -0.4 is 5.73 Å². The average Bonchev–Trinajstić information content (AvgIpc) is 3.01. The van der Waals surface area contributed by atoms with Crippen LogP contribution in [-0.4, -0.2) is 20.3 Å². The Morgan fingerprint density at radius 2 is 1.74 bits per heavy atom. The van der Waals surface area contributed by atoms with Gasteiger partial charge in [0.15, 0.2) is 5.82 Å². The lowest BCUT2D eigenvalue weighted by Gasteiger charge is -2.08. The van der Waals surface area contributed by atoms with Crippen molar-refractivity contribution in [3.8, 4) is 11.3 Å². The highest BCUT2D eigenvalue weighted by Crippen LogP contribution is 2.32. The third-order valence-corrected chi connectivity index (χ3v) is 5.00. The molecule has 27 heavy (non-hydrogen) atoms. The number of rotatable bonds is 3. The Morgan fingerprint density at radius 3 is 2.44 bits per heavy atom. The Balaban J connectivity index is 1.91. The van der Waals surface area contributed by atoms with E-state index in [1.165, 1.54) is 0 Å². The van der Waals surface area contributed by atoms with E-state index in [-0.39, 0.29) is 0 Å². The van der Waals surface area contributed by atoms with Crippen molar-refractivity contribution in [2.24, 2.45) is 5.16 Å². The van der Waals surface area contributed by atoms with Gasteiger partial charge >= 0.3 is 0 Å². The predicted octanol–water partition coefficient (Wildman–Crippen LogP) is 5.12. The molecule has 0 radical (unpaired) electrons. The van der Waals surface area contributed by atoms with E-state index in [9.17, 15) is 5.21 Å². The highest BCUT2D eigenvalue weighted by molar-refractivity contribution is 6.42. The lowest BCUT2D eigenvalue weighted by molar-refractivity contribution is 0.319. The molecule has 0 unspecified atom stereocenters. The van der Waals surface area contributed by atoms with Gasteiger partial charge in [0.05, 0.1) is 15.7 Å². The third-order valence-electron chi connectivity index (χ3n) is 4.26. The SMILES string of the molecule is Nc1nc2ccc(C(=NO)c3ccccc3)cn2c1-c1ccc(Cl)c(Cl)c1. The van der Waals surface area contributed by atoms with Gasteiger partial charge in [-0.1, -0.05) is 64.8 Å². The molecule has 0 atom stereocenters. The van der Waals surface area contributed by atoms with Crippen LogP contribution in [0.3, 0.4) is 0 Å². The Bertz CT molecular complexity index is 1170. The van der Waals surface area contributed by atoms with Crippen molar-refractivity contribution in [1.29, 1.82) is 0 Å². The summed E-state index contributed by atoms with van der Waals surface area (Å²) in [7, 11) is 0. The van der Waals surface area contributed by atoms with E-state index in [2.05, 4.69) is 10.1 Å². The fourth-order valence-electron chi connectivity index (χ4n) is 3.01. The fraction of sp³-hybridized carbons (Fsp3) is 0. The Morgan fingerprint density at radius 1 is 0.963 bits per heavy atom. The Labute approximate surface area is 165 Å². The molecule has 7 heteroatoms. The Hall–Kier alpha value is -3.02. The van der Waals surface area contributed by atoms with Crippen LogP contribution in [0, 0.1) is 0 Å². The van der Waals surface area contributed by atoms with Crippen molar-refractivity contribution < 1.29 is 5.21 Å². The first-order valence-corrected chi connectivity index (χ1v) is 8.85. The molecule has 5 nitrogen and oxygen atoms in total. The summed E-state index contributed by atoms with van der Waals surface area (Å²) in [5, 5.41) is 14.0. The molecule has 0 saturated carbocycles. The second-order valence-corrected chi connectivity index (χ2v) is 6.75. The molecule has 4 aromatic rings. The molecule has 0 amide bonds. The summed E-state index contributed by atoms with van der Waals surface area (Å²) in [5.41, 5.74) is 10.3. The van der Waals surface area contributed by atoms with Gasteiger partial charge in [0, 0.05) is 22.9 Å². The first-order chi connectivity index (χ1) is 13.1. The molecule has 0 bridgehead atoms. The van der Waals surface area contributed by atoms with Gasteiger partial charge in [-0.2, -0.15) is 0 Å². The third kappa shape index (κ3) is 3.12. The molecule has 0 aliphatic rings. The molecule has 0 saturated heterocycles. The number of nitrogens with two attached hydrogens (primary N) is 1. The van der Waals surface area contributed by atoms with Crippen molar-refractivity contribution in [2.75, 3.05) is 5.73 Å². The number of fused-ring (bicyclic) bond motifs is 1. The molecule has 2 aromatic heterocycles. The summed E-state index contributed by atoms with van der Waals surface area (Å²) in [6, 6.07) is 18.4. The number of oxime groups is 1. The number of aromatic nitrogens is 2. The molecule has 4 rings (SSSR count). The summed E-state index contributed by atoms with van der Waals surface area (Å²) >= 11 is 12.2. The van der Waals surface area contributed by atoms with Crippen LogP contribution in [0.25, 0.3) is 16.9 Å². The zero-order valence-electron chi connectivity index (χ0n) is 14.0. The lowest BCUT2D eigenvalue weighted by atomic mass is 10.0. The molecular formula is C20H14Cl2N4O. The quantitative estimate of drug-likeness (QED) is 0.286. The monoisotopic (exact) mass is 396 g/mol. The van der Waals surface area contributed by atoms with E-state index >= 15 is 0 Å². The van der Waals surface area contributed by atoms with Gasteiger partial charge in [0.1, 0.15) is 11.4 Å². The van der Waals surface area contributed by atoms with Gasteiger partial charge in [0.25, 0.3) is 0 Å². The van der Waals surface area contributed by atoms with E-state index in [0.717, 1.165) is 16.7 Å². The van der Waals surface area contributed by atoms with Crippen LogP contribution in [-0.2, 0) is 0 Å². The van der Waals surface area contributed by atoms with Gasteiger partial charge in [0.2, 0.25) is 0 Å². The summed E-state index contributed by atoms with van der Waals surface area (Å²) < 4.78 is 1.85. The molecule has 0 aliphatic carbocycles. The zero-order valence-corrected chi connectivity index (χ0v) is 15.5. The van der Waals surface area contributed by atoms with Crippen LogP contribution >= 0.6 is 23.2 Å². The zero-order chi connectivity index (χ0) is 19.0. The predicted molar refractivity (Wildman–Crippen MR) is 109 cm³/mol. The van der Waals surface area contributed by atoms with E-state index < -0.39 is 0 Å². The highest BCUT2D eigenvalue weighted by Gasteiger charge is 2.15. The maximum atomic E-state index is 9.57. The van der Waals surface area contributed by atoms with Gasteiger partial charge in [-0.25, -0.2) is 4.98 Å². The second kappa shape index (κ2) is 6.95. The molecule has 0 aliphatic heterocycles. The van der Waals surface area contributed by atoms with Crippen molar-refractivity contribution >= 4 is 40.4 Å². The number of pyridine rings is 1. The van der Waals surface area contributed by atoms with Crippen LogP contribution in [0.5, 0.6) is 0 Å². The van der Waals surface area contributed by atoms with Crippen molar-refractivity contribution in [3.05, 3.63) is 88.0 Å². The normalized spacial score (nSPS) is 11.9. The number of anilines is 1. The maximum Gasteiger partial charge on any atom is 0.150 e. The first-order valence-electron chi connectivity index (χ1n) is 8.09. The van der Waals surface area contributed by atoms with Crippen molar-refractivity contribution in [3.63, 3.8) is 0 Å². The minimum absolute atomic E-state index is 0.368. The molecule has 2 aromatic carbocycles. The smallest absolute Gasteiger partial charge is 0.150 e. The Kier molecular flexibility index (Phi) is 4.48. The highest BCUT2D eigenvalue weighted by atomic mass is 35.5. The van der Waals surface area contributed by atoms with E-state index in [0.29, 0.717) is 32.9 Å². The maximum absolute atomic E-state index is 9.57. The van der Waals surface area contributed by atoms with Gasteiger partial charge in [-0.15, -0.1) is 0 Å². The summed E-state index contributed by atoms with van der Waals surface area (Å²) in [6.07, 6.45) is 1.83. The van der Waals surface area contributed by atoms with Crippen LogP contribution in [0.15, 0.2) is 72.0 Å². The first kappa shape index (κ1) is 17.4. The summed E-state index contributed by atoms with van der Waals surface area (Å²) in [5.74, 6) is 0.368. The molecule has 3 N–H and O–H groups in total. The average molecular weight is 397 g/mol. The van der Waals surface area contributed by atoms with E-state index in [1.54, 1.807) is 12.1 Å². The minimum atomic E-state index is 0.368. The van der Waals surface area contributed by atoms with E-state index in [1.807, 2.05) is 59.1 Å². The molecule has 0 fully saturated rings. The minimum Gasteiger partial charge on any atom is -0.410 e. The van der Waals surface area contributed by atoms with Crippen LogP contribution in [0.2, 0.25) is 10.0 Å². The van der Waals surface area contributed by atoms with E-state index in [4.69, 9.17) is 28.9 Å². The number of nitrogen functional groups attached to an aromatic ring is 1. The van der Waals surface area contributed by atoms with Crippen LogP contribution in [0.4, 0.5) is 5.82 Å². The van der Waals surface area contributed by atoms with Gasteiger partial charge < -0.3 is 10.9 Å². The largest absolute Gasteiger partial charge is 0.410 e. The van der Waals surface area contributed by atoms with Crippen molar-refractivity contribution in [1.82, 2.24) is 9.38 Å². The fourth-order valence-corrected chi connectivity index (χ4v) is 3.31. The molecular weight excluding hydrogens is 383 g/mol. The summed E-state index contributed by atoms with van der Waals surface area (Å²) in [4.78, 5) is 4.40. The topological polar surface area (TPSA) is 75.9 Å². The van der Waals surface area contributed by atoms with Gasteiger partial charge in [-0.05, 0) is 24.3 Å². The number of imidazole rings is 1. The summed E-state index contributed by atoms with van der Waals surface area (Å²) in [6.45, 7) is 0.